The van der Waals surface area contributed by atoms with Crippen LogP contribution in [-0.2, 0) is 0 Å². The highest BCUT2D eigenvalue weighted by Crippen LogP contribution is 2.03. The van der Waals surface area contributed by atoms with E-state index in [0.717, 1.165) is 0 Å². The highest BCUT2D eigenvalue weighted by Gasteiger charge is 1.93. The minimum Gasteiger partial charge on any atom is -0.110 e. The molecule has 0 amide bonds. The second-order valence-electron chi connectivity index (χ2n) is 2.44. The van der Waals surface area contributed by atoms with E-state index in [0.29, 0.717) is 0 Å². The Labute approximate surface area is 85.0 Å². The number of halogens is 2. The topological polar surface area (TPSA) is 0 Å². The van der Waals surface area contributed by atoms with E-state index >= 15 is 0 Å². The standard InChI is InChI=1S/C9H10Cl2Si/c10-9(11)12-7-6-8-4-2-1-3-5-8/h1-7,9H,12H2. The van der Waals surface area contributed by atoms with E-state index in [1.807, 2.05) is 18.2 Å². The van der Waals surface area contributed by atoms with Crippen LogP contribution in [0.1, 0.15) is 5.56 Å². The first-order valence-electron chi connectivity index (χ1n) is 3.79. The molecular weight excluding hydrogens is 207 g/mol. The quantitative estimate of drug-likeness (QED) is 0.539. The molecule has 0 atom stereocenters. The Bertz CT molecular complexity index is 244. The average Bonchev–Trinajstić information content (AvgIpc) is 2.05. The predicted molar refractivity (Wildman–Crippen MR) is 59.5 cm³/mol. The van der Waals surface area contributed by atoms with Crippen LogP contribution in [0.15, 0.2) is 36.0 Å². The van der Waals surface area contributed by atoms with Crippen LogP contribution in [0, 0.1) is 0 Å². The first-order chi connectivity index (χ1) is 5.79. The van der Waals surface area contributed by atoms with Crippen LogP contribution in [0.3, 0.4) is 0 Å². The second kappa shape index (κ2) is 5.41. The zero-order valence-corrected chi connectivity index (χ0v) is 9.51. The highest BCUT2D eigenvalue weighted by atomic mass is 35.5. The van der Waals surface area contributed by atoms with E-state index in [4.69, 9.17) is 23.2 Å². The third-order valence-electron chi connectivity index (χ3n) is 1.42. The first kappa shape index (κ1) is 9.84. The van der Waals surface area contributed by atoms with Gasteiger partial charge in [-0.05, 0) is 5.56 Å². The van der Waals surface area contributed by atoms with Gasteiger partial charge in [-0.3, -0.25) is 0 Å². The molecule has 0 nitrogen and oxygen atoms in total. The van der Waals surface area contributed by atoms with Crippen molar-refractivity contribution in [2.75, 3.05) is 0 Å². The Morgan fingerprint density at radius 3 is 2.42 bits per heavy atom. The fourth-order valence-electron chi connectivity index (χ4n) is 0.871. The van der Waals surface area contributed by atoms with Crippen molar-refractivity contribution in [1.29, 1.82) is 0 Å². The van der Waals surface area contributed by atoms with Gasteiger partial charge in [-0.1, -0.05) is 42.1 Å². The summed E-state index contributed by atoms with van der Waals surface area (Å²) in [6, 6.07) is 10.1. The summed E-state index contributed by atoms with van der Waals surface area (Å²) < 4.78 is -0.162. The third-order valence-corrected chi connectivity index (χ3v) is 3.36. The maximum absolute atomic E-state index is 5.62. The predicted octanol–water partition coefficient (Wildman–Crippen LogP) is 2.59. The summed E-state index contributed by atoms with van der Waals surface area (Å²) in [5.41, 5.74) is 3.32. The van der Waals surface area contributed by atoms with Crippen molar-refractivity contribution >= 4 is 38.8 Å². The van der Waals surface area contributed by atoms with E-state index in [-0.39, 0.29) is 4.46 Å². The normalized spacial score (nSPS) is 12.2. The zero-order valence-electron chi connectivity index (χ0n) is 6.58. The molecule has 0 unspecified atom stereocenters. The molecule has 0 fully saturated rings. The van der Waals surface area contributed by atoms with Gasteiger partial charge in [0.05, 0.1) is 14.0 Å². The molecule has 0 N–H and O–H groups in total. The summed E-state index contributed by atoms with van der Waals surface area (Å²) in [6.07, 6.45) is 2.07. The van der Waals surface area contributed by atoms with Crippen molar-refractivity contribution < 1.29 is 0 Å². The second-order valence-corrected chi connectivity index (χ2v) is 6.51. The third kappa shape index (κ3) is 3.95. The van der Waals surface area contributed by atoms with Gasteiger partial charge >= 0.3 is 0 Å². The molecular formula is C9H10Cl2Si. The Balaban J connectivity index is 2.47. The van der Waals surface area contributed by atoms with Gasteiger partial charge in [0.1, 0.15) is 0 Å². The molecule has 1 aromatic carbocycles. The Kier molecular flexibility index (Phi) is 4.44. The van der Waals surface area contributed by atoms with Crippen LogP contribution < -0.4 is 0 Å². The molecule has 0 spiro atoms. The van der Waals surface area contributed by atoms with Gasteiger partial charge in [0.2, 0.25) is 0 Å². The first-order valence-corrected chi connectivity index (χ1v) is 6.29. The molecule has 0 radical (unpaired) electrons. The van der Waals surface area contributed by atoms with E-state index in [2.05, 4.69) is 23.9 Å². The van der Waals surface area contributed by atoms with E-state index < -0.39 is 9.52 Å². The molecule has 0 saturated heterocycles. The summed E-state index contributed by atoms with van der Waals surface area (Å²) in [5, 5.41) is 0. The van der Waals surface area contributed by atoms with E-state index in [1.165, 1.54) is 5.56 Å². The van der Waals surface area contributed by atoms with Crippen molar-refractivity contribution in [1.82, 2.24) is 0 Å². The fraction of sp³-hybridized carbons (Fsp3) is 0.111. The van der Waals surface area contributed by atoms with Gasteiger partial charge < -0.3 is 0 Å². The SMILES string of the molecule is ClC(Cl)[SiH2]C=Cc1ccccc1. The lowest BCUT2D eigenvalue weighted by atomic mass is 10.2. The molecule has 0 aliphatic rings. The van der Waals surface area contributed by atoms with Gasteiger partial charge in [0.25, 0.3) is 0 Å². The van der Waals surface area contributed by atoms with Crippen molar-refractivity contribution in [3.8, 4) is 0 Å². The van der Waals surface area contributed by atoms with Crippen LogP contribution >= 0.6 is 23.2 Å². The van der Waals surface area contributed by atoms with E-state index in [9.17, 15) is 0 Å². The number of benzene rings is 1. The largest absolute Gasteiger partial charge is 0.110 e. The summed E-state index contributed by atoms with van der Waals surface area (Å²) in [7, 11) is -0.447. The van der Waals surface area contributed by atoms with Crippen molar-refractivity contribution in [2.45, 2.75) is 4.46 Å². The van der Waals surface area contributed by atoms with Crippen LogP contribution in [0.4, 0.5) is 0 Å². The molecule has 0 aliphatic carbocycles. The maximum atomic E-state index is 5.62. The van der Waals surface area contributed by atoms with Gasteiger partial charge in [0.15, 0.2) is 0 Å². The van der Waals surface area contributed by atoms with Crippen molar-refractivity contribution in [3.05, 3.63) is 41.6 Å². The number of rotatable bonds is 3. The summed E-state index contributed by atoms with van der Waals surface area (Å²) in [6.45, 7) is 0. The molecule has 0 heterocycles. The number of hydrogen-bond donors (Lipinski definition) is 0. The smallest absolute Gasteiger partial charge is 0.0949 e. The molecule has 64 valence electrons. The zero-order chi connectivity index (χ0) is 8.81. The molecule has 1 rings (SSSR count). The van der Waals surface area contributed by atoms with Crippen LogP contribution in [0.25, 0.3) is 6.08 Å². The number of hydrogen-bond acceptors (Lipinski definition) is 0. The van der Waals surface area contributed by atoms with Gasteiger partial charge in [-0.25, -0.2) is 0 Å². The van der Waals surface area contributed by atoms with E-state index in [1.54, 1.807) is 0 Å². The molecule has 0 aliphatic heterocycles. The number of alkyl halides is 2. The summed E-state index contributed by atoms with van der Waals surface area (Å²) in [4.78, 5) is 0. The molecule has 1 aromatic rings. The Morgan fingerprint density at radius 2 is 1.83 bits per heavy atom. The lowest BCUT2D eigenvalue weighted by Crippen LogP contribution is -1.95. The van der Waals surface area contributed by atoms with Gasteiger partial charge in [-0.2, -0.15) is 0 Å². The van der Waals surface area contributed by atoms with Crippen LogP contribution in [0.5, 0.6) is 0 Å². The van der Waals surface area contributed by atoms with Gasteiger partial charge in [0, 0.05) is 0 Å². The molecule has 12 heavy (non-hydrogen) atoms. The Morgan fingerprint density at radius 1 is 1.17 bits per heavy atom. The Hall–Kier alpha value is -0.243. The summed E-state index contributed by atoms with van der Waals surface area (Å²) in [5.74, 6) is 0. The molecule has 3 heteroatoms. The van der Waals surface area contributed by atoms with Crippen molar-refractivity contribution in [2.24, 2.45) is 0 Å². The van der Waals surface area contributed by atoms with Crippen molar-refractivity contribution in [3.63, 3.8) is 0 Å². The average molecular weight is 217 g/mol. The molecule has 0 aromatic heterocycles. The fourth-order valence-corrected chi connectivity index (χ4v) is 2.10. The van der Waals surface area contributed by atoms with Gasteiger partial charge in [-0.15, -0.1) is 23.2 Å². The minimum absolute atomic E-state index is 0.162. The van der Waals surface area contributed by atoms with Crippen LogP contribution in [0.2, 0.25) is 0 Å². The highest BCUT2D eigenvalue weighted by molar-refractivity contribution is 6.71. The molecule has 0 saturated carbocycles. The monoisotopic (exact) mass is 216 g/mol. The molecule has 0 bridgehead atoms. The minimum atomic E-state index is -0.447. The van der Waals surface area contributed by atoms with Crippen LogP contribution in [-0.4, -0.2) is 14.0 Å². The lowest BCUT2D eigenvalue weighted by Gasteiger charge is -1.92. The maximum Gasteiger partial charge on any atom is 0.0949 e. The lowest BCUT2D eigenvalue weighted by molar-refractivity contribution is 1.66. The summed E-state index contributed by atoms with van der Waals surface area (Å²) >= 11 is 11.2.